The predicted octanol–water partition coefficient (Wildman–Crippen LogP) is 14.7. The van der Waals surface area contributed by atoms with Gasteiger partial charge < -0.3 is 14.4 Å². The molecule has 4 heterocycles. The van der Waals surface area contributed by atoms with Crippen molar-refractivity contribution in [2.24, 2.45) is 0 Å². The van der Waals surface area contributed by atoms with Crippen LogP contribution in [0.1, 0.15) is 55.0 Å². The molecular formula is C56H50FIrN3OSi-2. The normalized spacial score (nSPS) is 13.0. The van der Waals surface area contributed by atoms with E-state index in [4.69, 9.17) is 4.42 Å². The molecule has 0 atom stereocenters. The summed E-state index contributed by atoms with van der Waals surface area (Å²) in [6, 6.07) is 51.6. The Morgan fingerprint density at radius 3 is 1.98 bits per heavy atom. The SMILES string of the molecule is Cc1cc(-c2c[c-]c(-c3ccc([Si](C)(C)C)cn3)cc2)cc(C)n1.Fc1c[c-]c(-c2cc(C3CCCCC3)ccn2)c2oc3c(-c4ccccc4)cc(-c4ccccc4)cc3c12.[Ir]. The number of hydrogen-bond donors (Lipinski definition) is 0. The Bertz CT molecular complexity index is 2970. The average molecular weight is 1020 g/mol. The molecule has 0 saturated heterocycles. The molecule has 317 valence electrons. The van der Waals surface area contributed by atoms with Crippen molar-refractivity contribution in [3.8, 4) is 55.9 Å². The van der Waals surface area contributed by atoms with Gasteiger partial charge in [0, 0.05) is 60.7 Å². The van der Waals surface area contributed by atoms with Crippen molar-refractivity contribution in [2.75, 3.05) is 0 Å². The van der Waals surface area contributed by atoms with Crippen molar-refractivity contribution >= 4 is 35.2 Å². The largest absolute Gasteiger partial charge is 0.500 e. The van der Waals surface area contributed by atoms with Gasteiger partial charge in [-0.2, -0.15) is 0 Å². The van der Waals surface area contributed by atoms with Gasteiger partial charge in [-0.25, -0.2) is 0 Å². The molecule has 63 heavy (non-hydrogen) atoms. The second kappa shape index (κ2) is 18.9. The smallest absolute Gasteiger partial charge is 0.128 e. The van der Waals surface area contributed by atoms with Crippen molar-refractivity contribution in [3.05, 3.63) is 181 Å². The zero-order valence-corrected chi connectivity index (χ0v) is 39.8. The van der Waals surface area contributed by atoms with E-state index in [1.807, 2.05) is 74.8 Å². The molecule has 1 saturated carbocycles. The topological polar surface area (TPSA) is 51.8 Å². The van der Waals surface area contributed by atoms with E-state index in [0.29, 0.717) is 28.0 Å². The molecule has 5 aromatic carbocycles. The second-order valence-electron chi connectivity index (χ2n) is 17.6. The number of furan rings is 1. The number of aryl methyl sites for hydroxylation is 2. The summed E-state index contributed by atoms with van der Waals surface area (Å²) in [7, 11) is -1.30. The van der Waals surface area contributed by atoms with Gasteiger partial charge in [0.05, 0.1) is 13.7 Å². The van der Waals surface area contributed by atoms with Crippen LogP contribution in [0.15, 0.2) is 150 Å². The molecule has 0 aliphatic heterocycles. The zero-order chi connectivity index (χ0) is 42.8. The summed E-state index contributed by atoms with van der Waals surface area (Å²) in [6.07, 6.45) is 10.2. The van der Waals surface area contributed by atoms with E-state index in [1.165, 1.54) is 54.5 Å². The molecule has 0 amide bonds. The quantitative estimate of drug-likeness (QED) is 0.118. The number of pyridine rings is 3. The van der Waals surface area contributed by atoms with E-state index >= 15 is 4.39 Å². The average Bonchev–Trinajstić information content (AvgIpc) is 3.70. The van der Waals surface area contributed by atoms with Gasteiger partial charge in [0.15, 0.2) is 0 Å². The molecule has 1 aliphatic carbocycles. The van der Waals surface area contributed by atoms with E-state index in [0.717, 1.165) is 61.5 Å². The van der Waals surface area contributed by atoms with E-state index < -0.39 is 8.07 Å². The molecule has 1 fully saturated rings. The van der Waals surface area contributed by atoms with E-state index in [1.54, 1.807) is 0 Å². The number of hydrogen-bond acceptors (Lipinski definition) is 4. The molecule has 0 spiro atoms. The first-order valence-electron chi connectivity index (χ1n) is 21.7. The summed E-state index contributed by atoms with van der Waals surface area (Å²) < 4.78 is 22.1. The first-order chi connectivity index (χ1) is 30.1. The Labute approximate surface area is 385 Å². The maximum Gasteiger partial charge on any atom is 0.128 e. The Hall–Kier alpha value is -5.85. The van der Waals surface area contributed by atoms with Crippen LogP contribution >= 0.6 is 0 Å². The Balaban J connectivity index is 0.000000189. The monoisotopic (exact) mass is 1020 g/mol. The fraction of sp³-hybridized carbons (Fsp3) is 0.196. The van der Waals surface area contributed by atoms with Crippen LogP contribution in [-0.2, 0) is 20.1 Å². The third-order valence-corrected chi connectivity index (χ3v) is 14.1. The zero-order valence-electron chi connectivity index (χ0n) is 36.4. The number of benzene rings is 5. The summed E-state index contributed by atoms with van der Waals surface area (Å²) in [5.41, 5.74) is 14.4. The van der Waals surface area contributed by atoms with E-state index in [-0.39, 0.29) is 25.9 Å². The van der Waals surface area contributed by atoms with Gasteiger partial charge in [-0.15, -0.1) is 42.0 Å². The first kappa shape index (κ1) is 43.8. The number of halogens is 1. The molecule has 10 rings (SSSR count). The molecule has 0 N–H and O–H groups in total. The molecule has 4 aromatic heterocycles. The summed E-state index contributed by atoms with van der Waals surface area (Å²) in [4.78, 5) is 13.8. The van der Waals surface area contributed by atoms with Gasteiger partial charge in [-0.3, -0.25) is 9.37 Å². The molecular weight excluding hydrogens is 970 g/mol. The van der Waals surface area contributed by atoms with E-state index in [9.17, 15) is 0 Å². The van der Waals surface area contributed by atoms with Crippen molar-refractivity contribution in [1.29, 1.82) is 0 Å². The van der Waals surface area contributed by atoms with Gasteiger partial charge in [0.2, 0.25) is 0 Å². The van der Waals surface area contributed by atoms with Crippen molar-refractivity contribution in [1.82, 2.24) is 15.0 Å². The number of aromatic nitrogens is 3. The Kier molecular flexibility index (Phi) is 13.1. The fourth-order valence-corrected chi connectivity index (χ4v) is 9.78. The van der Waals surface area contributed by atoms with Gasteiger partial charge in [0.1, 0.15) is 5.58 Å². The predicted molar refractivity (Wildman–Crippen MR) is 257 cm³/mol. The summed E-state index contributed by atoms with van der Waals surface area (Å²) >= 11 is 0. The first-order valence-corrected chi connectivity index (χ1v) is 25.2. The van der Waals surface area contributed by atoms with Crippen LogP contribution in [0.2, 0.25) is 19.6 Å². The van der Waals surface area contributed by atoms with Crippen LogP contribution in [0.5, 0.6) is 0 Å². The molecule has 0 unspecified atom stereocenters. The minimum absolute atomic E-state index is 0. The van der Waals surface area contributed by atoms with Crippen LogP contribution in [0, 0.1) is 31.8 Å². The van der Waals surface area contributed by atoms with E-state index in [2.05, 4.69) is 126 Å². The van der Waals surface area contributed by atoms with Crippen LogP contribution in [0.25, 0.3) is 77.8 Å². The molecule has 1 radical (unpaired) electrons. The Morgan fingerprint density at radius 1 is 0.635 bits per heavy atom. The van der Waals surface area contributed by atoms with Crippen LogP contribution in [0.4, 0.5) is 4.39 Å². The van der Waals surface area contributed by atoms with Crippen molar-refractivity contribution in [3.63, 3.8) is 0 Å². The maximum atomic E-state index is 15.6. The second-order valence-corrected chi connectivity index (χ2v) is 22.6. The van der Waals surface area contributed by atoms with Crippen LogP contribution in [0.3, 0.4) is 0 Å². The van der Waals surface area contributed by atoms with Gasteiger partial charge in [-0.1, -0.05) is 140 Å². The maximum absolute atomic E-state index is 15.6. The fourth-order valence-electron chi connectivity index (χ4n) is 8.74. The summed E-state index contributed by atoms with van der Waals surface area (Å²) in [5, 5.41) is 2.62. The van der Waals surface area contributed by atoms with Crippen molar-refractivity contribution in [2.45, 2.75) is 71.5 Å². The minimum atomic E-state index is -1.30. The molecule has 1 aliphatic rings. The molecule has 9 aromatic rings. The molecule has 0 bridgehead atoms. The van der Waals surface area contributed by atoms with Gasteiger partial charge in [0.25, 0.3) is 0 Å². The summed E-state index contributed by atoms with van der Waals surface area (Å²) in [5.74, 6) is 0.213. The number of rotatable bonds is 7. The Morgan fingerprint density at radius 2 is 1.33 bits per heavy atom. The summed E-state index contributed by atoms with van der Waals surface area (Å²) in [6.45, 7) is 11.1. The molecule has 7 heteroatoms. The van der Waals surface area contributed by atoms with Crippen LogP contribution < -0.4 is 5.19 Å². The number of nitrogens with zero attached hydrogens (tertiary/aromatic N) is 3. The molecule has 4 nitrogen and oxygen atoms in total. The van der Waals surface area contributed by atoms with Crippen molar-refractivity contribution < 1.29 is 28.9 Å². The minimum Gasteiger partial charge on any atom is -0.500 e. The third kappa shape index (κ3) is 9.57. The standard InChI is InChI=1S/C35H27FNO.C21H23N2Si.Ir/c36-31-17-16-28(32-22-26(18-19-37-32)23-10-4-1-5-11-23)35-33(31)30-21-27(24-12-6-2-7-13-24)20-29(34(30)38-35)25-14-8-3-9-15-25;1-15-12-19(13-16(2)23-15)17-6-8-18(9-7-17)21-11-10-20(14-22-21)24(3,4)5;/h2-3,6-9,12-15,17-23H,1,4-5,10-11H2;6-8,10-14H,1-5H3;/q2*-1;. The van der Waals surface area contributed by atoms with Crippen LogP contribution in [-0.4, -0.2) is 23.0 Å². The van der Waals surface area contributed by atoms with Gasteiger partial charge in [-0.05, 0) is 102 Å². The number of fused-ring (bicyclic) bond motifs is 3. The van der Waals surface area contributed by atoms with Gasteiger partial charge >= 0.3 is 0 Å². The third-order valence-electron chi connectivity index (χ3n) is 12.0.